The van der Waals surface area contributed by atoms with E-state index in [2.05, 4.69) is 20.6 Å². The number of pyridine rings is 1. The molecule has 0 aliphatic heterocycles. The number of aliphatic imine (C=N–C) groups is 1. The van der Waals surface area contributed by atoms with Gasteiger partial charge in [-0.25, -0.2) is 4.98 Å². The maximum Gasteiger partial charge on any atom is 0.213 e. The lowest BCUT2D eigenvalue weighted by Crippen LogP contribution is -2.36. The summed E-state index contributed by atoms with van der Waals surface area (Å²) >= 11 is 0. The Hall–Kier alpha value is -2.03. The van der Waals surface area contributed by atoms with Crippen molar-refractivity contribution in [2.45, 2.75) is 13.1 Å². The summed E-state index contributed by atoms with van der Waals surface area (Å²) in [6, 6.07) is 13.6. The highest BCUT2D eigenvalue weighted by atomic mass is 127. The van der Waals surface area contributed by atoms with Gasteiger partial charge in [0.05, 0.1) is 26.5 Å². The van der Waals surface area contributed by atoms with Crippen molar-refractivity contribution in [2.24, 2.45) is 4.99 Å². The molecule has 0 radical (unpaired) electrons. The number of methoxy groups -OCH3 is 2. The molecule has 2 rings (SSSR count). The molecule has 0 saturated carbocycles. The second-order valence-corrected chi connectivity index (χ2v) is 4.80. The van der Waals surface area contributed by atoms with E-state index in [0.717, 1.165) is 17.0 Å². The number of ether oxygens (including phenoxy) is 2. The number of aromatic nitrogens is 1. The van der Waals surface area contributed by atoms with Gasteiger partial charge in [0.15, 0.2) is 5.96 Å². The number of halogens is 1. The molecule has 0 unspecified atom stereocenters. The van der Waals surface area contributed by atoms with E-state index in [1.807, 2.05) is 42.5 Å². The third-order valence-electron chi connectivity index (χ3n) is 3.25. The third-order valence-corrected chi connectivity index (χ3v) is 3.25. The van der Waals surface area contributed by atoms with Gasteiger partial charge < -0.3 is 20.1 Å². The predicted octanol–water partition coefficient (Wildman–Crippen LogP) is 2.58. The third kappa shape index (κ3) is 6.23. The van der Waals surface area contributed by atoms with E-state index in [0.29, 0.717) is 24.9 Å². The molecule has 0 amide bonds. The Morgan fingerprint density at radius 1 is 1.04 bits per heavy atom. The van der Waals surface area contributed by atoms with E-state index in [4.69, 9.17) is 9.47 Å². The highest BCUT2D eigenvalue weighted by Gasteiger charge is 2.02. The van der Waals surface area contributed by atoms with Crippen LogP contribution in [0.5, 0.6) is 11.6 Å². The number of hydrogen-bond acceptors (Lipinski definition) is 4. The summed E-state index contributed by atoms with van der Waals surface area (Å²) in [4.78, 5) is 8.56. The molecule has 0 aliphatic carbocycles. The van der Waals surface area contributed by atoms with Crippen molar-refractivity contribution in [3.05, 3.63) is 53.7 Å². The average molecular weight is 442 g/mol. The Balaban J connectivity index is 0.00000288. The molecule has 6 nitrogen and oxygen atoms in total. The van der Waals surface area contributed by atoms with Crippen LogP contribution in [-0.4, -0.2) is 32.2 Å². The Morgan fingerprint density at radius 2 is 1.79 bits per heavy atom. The molecule has 7 heteroatoms. The van der Waals surface area contributed by atoms with Gasteiger partial charge in [0.1, 0.15) is 5.75 Å². The van der Waals surface area contributed by atoms with Crippen molar-refractivity contribution in [1.82, 2.24) is 15.6 Å². The summed E-state index contributed by atoms with van der Waals surface area (Å²) in [5.41, 5.74) is 2.00. The quantitative estimate of drug-likeness (QED) is 0.409. The number of guanidine groups is 1. The highest BCUT2D eigenvalue weighted by Crippen LogP contribution is 2.12. The molecule has 0 spiro atoms. The highest BCUT2D eigenvalue weighted by molar-refractivity contribution is 14.0. The SMILES string of the molecule is CN=C(NCc1cccc(OC)c1)NCc1cccc(OC)n1.I. The molecule has 0 bridgehead atoms. The molecule has 130 valence electrons. The van der Waals surface area contributed by atoms with E-state index < -0.39 is 0 Å². The van der Waals surface area contributed by atoms with E-state index in [9.17, 15) is 0 Å². The normalized spacial score (nSPS) is 10.5. The molecule has 0 fully saturated rings. The summed E-state index contributed by atoms with van der Waals surface area (Å²) in [7, 11) is 5.00. The monoisotopic (exact) mass is 442 g/mol. The summed E-state index contributed by atoms with van der Waals surface area (Å²) in [5.74, 6) is 2.15. The van der Waals surface area contributed by atoms with Gasteiger partial charge in [-0.15, -0.1) is 24.0 Å². The first kappa shape index (κ1) is 20.0. The minimum atomic E-state index is 0. The van der Waals surface area contributed by atoms with Crippen LogP contribution in [0.3, 0.4) is 0 Å². The zero-order valence-corrected chi connectivity index (χ0v) is 16.4. The largest absolute Gasteiger partial charge is 0.497 e. The number of benzene rings is 1. The molecular weight excluding hydrogens is 419 g/mol. The Bertz CT molecular complexity index is 611. The fraction of sp³-hybridized carbons (Fsp3) is 0.294. The number of rotatable bonds is 6. The van der Waals surface area contributed by atoms with Gasteiger partial charge in [0.25, 0.3) is 0 Å². The van der Waals surface area contributed by atoms with Crippen molar-refractivity contribution in [2.75, 3.05) is 21.3 Å². The number of nitrogens with zero attached hydrogens (tertiary/aromatic N) is 2. The summed E-state index contributed by atoms with van der Waals surface area (Å²) in [6.07, 6.45) is 0. The fourth-order valence-corrected chi connectivity index (χ4v) is 2.03. The van der Waals surface area contributed by atoms with Crippen molar-refractivity contribution in [3.63, 3.8) is 0 Å². The van der Waals surface area contributed by atoms with Crippen LogP contribution in [0, 0.1) is 0 Å². The van der Waals surface area contributed by atoms with Gasteiger partial charge in [-0.3, -0.25) is 4.99 Å². The lowest BCUT2D eigenvalue weighted by atomic mass is 10.2. The second-order valence-electron chi connectivity index (χ2n) is 4.80. The number of hydrogen-bond donors (Lipinski definition) is 2. The van der Waals surface area contributed by atoms with Crippen LogP contribution < -0.4 is 20.1 Å². The molecule has 2 aromatic rings. The van der Waals surface area contributed by atoms with Crippen LogP contribution in [0.2, 0.25) is 0 Å². The zero-order chi connectivity index (χ0) is 16.5. The Morgan fingerprint density at radius 3 is 2.50 bits per heavy atom. The standard InChI is InChI=1S/C17H22N4O2.HI/c1-18-17(19-11-13-6-4-8-15(10-13)22-2)20-12-14-7-5-9-16(21-14)23-3;/h4-10H,11-12H2,1-3H3,(H2,18,19,20);1H. The van der Waals surface area contributed by atoms with Crippen molar-refractivity contribution < 1.29 is 9.47 Å². The summed E-state index contributed by atoms with van der Waals surface area (Å²) in [5, 5.41) is 6.49. The molecule has 0 saturated heterocycles. The summed E-state index contributed by atoms with van der Waals surface area (Å²) < 4.78 is 10.3. The van der Waals surface area contributed by atoms with E-state index in [-0.39, 0.29) is 24.0 Å². The number of nitrogens with one attached hydrogen (secondary N) is 2. The smallest absolute Gasteiger partial charge is 0.213 e. The maximum absolute atomic E-state index is 5.22. The van der Waals surface area contributed by atoms with Crippen molar-refractivity contribution in [1.29, 1.82) is 0 Å². The molecule has 24 heavy (non-hydrogen) atoms. The van der Waals surface area contributed by atoms with Gasteiger partial charge in [-0.2, -0.15) is 0 Å². The van der Waals surface area contributed by atoms with Crippen LogP contribution in [0.1, 0.15) is 11.3 Å². The Kier molecular flexibility index (Phi) is 8.92. The fourth-order valence-electron chi connectivity index (χ4n) is 2.03. The maximum atomic E-state index is 5.22. The first-order chi connectivity index (χ1) is 11.2. The molecule has 1 aromatic heterocycles. The minimum Gasteiger partial charge on any atom is -0.497 e. The molecule has 0 aliphatic rings. The molecule has 1 aromatic carbocycles. The van der Waals surface area contributed by atoms with E-state index in [1.165, 1.54) is 0 Å². The van der Waals surface area contributed by atoms with Crippen molar-refractivity contribution >= 4 is 29.9 Å². The van der Waals surface area contributed by atoms with Gasteiger partial charge in [-0.05, 0) is 23.8 Å². The van der Waals surface area contributed by atoms with Crippen LogP contribution in [0.15, 0.2) is 47.5 Å². The van der Waals surface area contributed by atoms with Gasteiger partial charge in [0, 0.05) is 19.7 Å². The van der Waals surface area contributed by atoms with Crippen LogP contribution in [0.25, 0.3) is 0 Å². The lowest BCUT2D eigenvalue weighted by molar-refractivity contribution is 0.396. The molecular formula is C17H23IN4O2. The molecule has 1 heterocycles. The van der Waals surface area contributed by atoms with Crippen molar-refractivity contribution in [3.8, 4) is 11.6 Å². The van der Waals surface area contributed by atoms with Gasteiger partial charge in [0.2, 0.25) is 5.88 Å². The average Bonchev–Trinajstić information content (AvgIpc) is 2.62. The molecule has 0 atom stereocenters. The lowest BCUT2D eigenvalue weighted by Gasteiger charge is -2.12. The van der Waals surface area contributed by atoms with Crippen LogP contribution in [-0.2, 0) is 13.1 Å². The van der Waals surface area contributed by atoms with Crippen LogP contribution in [0.4, 0.5) is 0 Å². The first-order valence-corrected chi connectivity index (χ1v) is 7.32. The molecule has 2 N–H and O–H groups in total. The minimum absolute atomic E-state index is 0. The second kappa shape index (κ2) is 10.7. The van der Waals surface area contributed by atoms with Gasteiger partial charge in [-0.1, -0.05) is 18.2 Å². The van der Waals surface area contributed by atoms with E-state index in [1.54, 1.807) is 21.3 Å². The first-order valence-electron chi connectivity index (χ1n) is 7.32. The summed E-state index contributed by atoms with van der Waals surface area (Å²) in [6.45, 7) is 1.22. The predicted molar refractivity (Wildman–Crippen MR) is 106 cm³/mol. The Labute approximate surface area is 159 Å². The zero-order valence-electron chi connectivity index (χ0n) is 14.1. The van der Waals surface area contributed by atoms with Crippen LogP contribution >= 0.6 is 24.0 Å². The topological polar surface area (TPSA) is 67.8 Å². The van der Waals surface area contributed by atoms with Gasteiger partial charge >= 0.3 is 0 Å². The van der Waals surface area contributed by atoms with E-state index >= 15 is 0 Å².